The molecule has 0 atom stereocenters. The number of hydrogen-bond donors (Lipinski definition) is 2. The largest absolute Gasteiger partial charge is 0.444 e. The highest BCUT2D eigenvalue weighted by Crippen LogP contribution is 2.28. The van der Waals surface area contributed by atoms with Crippen molar-refractivity contribution in [2.24, 2.45) is 5.73 Å². The van der Waals surface area contributed by atoms with E-state index < -0.39 is 24.2 Å². The van der Waals surface area contributed by atoms with Gasteiger partial charge in [0.2, 0.25) is 0 Å². The molecule has 0 radical (unpaired) electrons. The second-order valence-corrected chi connectivity index (χ2v) is 5.12. The molecule has 0 spiro atoms. The Morgan fingerprint density at radius 3 is 2.53 bits per heavy atom. The average molecular weight is 272 g/mol. The second kappa shape index (κ2) is 5.52. The summed E-state index contributed by atoms with van der Waals surface area (Å²) in [5.74, 6) is -3.12. The number of halogens is 2. The van der Waals surface area contributed by atoms with E-state index >= 15 is 0 Å². The number of hydrogen-bond acceptors (Lipinski definition) is 3. The fourth-order valence-electron chi connectivity index (χ4n) is 1.36. The molecule has 1 amide bonds. The molecule has 0 saturated carbocycles. The zero-order chi connectivity index (χ0) is 14.7. The Labute approximate surface area is 110 Å². The van der Waals surface area contributed by atoms with Crippen LogP contribution in [-0.4, -0.2) is 18.2 Å². The standard InChI is InChI=1S/C13H18F2N2O2/c1-12(2,3)19-11(18)17-10-6-4-5-9(7-10)13(14,15)8-16/h4-7H,8,16H2,1-3H3,(H,17,18). The molecule has 0 unspecified atom stereocenters. The van der Waals surface area contributed by atoms with Crippen molar-refractivity contribution in [1.82, 2.24) is 0 Å². The molecule has 1 rings (SSSR count). The molecule has 19 heavy (non-hydrogen) atoms. The van der Waals surface area contributed by atoms with Crippen molar-refractivity contribution in [3.05, 3.63) is 29.8 Å². The molecule has 4 nitrogen and oxygen atoms in total. The first-order valence-electron chi connectivity index (χ1n) is 5.82. The van der Waals surface area contributed by atoms with Crippen LogP contribution in [0.5, 0.6) is 0 Å². The van der Waals surface area contributed by atoms with Gasteiger partial charge in [-0.25, -0.2) is 4.79 Å². The molecular weight excluding hydrogens is 254 g/mol. The van der Waals surface area contributed by atoms with Gasteiger partial charge >= 0.3 is 6.09 Å². The minimum atomic E-state index is -3.12. The maximum atomic E-state index is 13.4. The van der Waals surface area contributed by atoms with Crippen LogP contribution < -0.4 is 11.1 Å². The molecule has 1 aromatic carbocycles. The molecule has 1 aromatic rings. The van der Waals surface area contributed by atoms with Crippen LogP contribution in [0.15, 0.2) is 24.3 Å². The van der Waals surface area contributed by atoms with Crippen molar-refractivity contribution in [2.45, 2.75) is 32.3 Å². The Balaban J connectivity index is 2.81. The second-order valence-electron chi connectivity index (χ2n) is 5.12. The van der Waals surface area contributed by atoms with Gasteiger partial charge in [-0.2, -0.15) is 8.78 Å². The van der Waals surface area contributed by atoms with Crippen LogP contribution in [0, 0.1) is 0 Å². The number of carbonyl (C=O) groups excluding carboxylic acids is 1. The zero-order valence-corrected chi connectivity index (χ0v) is 11.2. The van der Waals surface area contributed by atoms with Crippen LogP contribution in [0.3, 0.4) is 0 Å². The third-order valence-electron chi connectivity index (χ3n) is 2.19. The highest BCUT2D eigenvalue weighted by molar-refractivity contribution is 5.84. The summed E-state index contributed by atoms with van der Waals surface area (Å²) < 4.78 is 31.8. The smallest absolute Gasteiger partial charge is 0.412 e. The first-order chi connectivity index (χ1) is 8.64. The predicted octanol–water partition coefficient (Wildman–Crippen LogP) is 3.08. The lowest BCUT2D eigenvalue weighted by Crippen LogP contribution is -2.28. The van der Waals surface area contributed by atoms with Gasteiger partial charge in [-0.1, -0.05) is 12.1 Å². The van der Waals surface area contributed by atoms with Gasteiger partial charge in [-0.15, -0.1) is 0 Å². The van der Waals surface area contributed by atoms with E-state index in [2.05, 4.69) is 5.32 Å². The van der Waals surface area contributed by atoms with Crippen molar-refractivity contribution in [1.29, 1.82) is 0 Å². The highest BCUT2D eigenvalue weighted by Gasteiger charge is 2.29. The van der Waals surface area contributed by atoms with E-state index in [9.17, 15) is 13.6 Å². The summed E-state index contributed by atoms with van der Waals surface area (Å²) in [6.45, 7) is 4.35. The van der Waals surface area contributed by atoms with Gasteiger partial charge < -0.3 is 10.5 Å². The van der Waals surface area contributed by atoms with Crippen LogP contribution in [0.2, 0.25) is 0 Å². The van der Waals surface area contributed by atoms with Crippen molar-refractivity contribution in [3.8, 4) is 0 Å². The SMILES string of the molecule is CC(C)(C)OC(=O)Nc1cccc(C(F)(F)CN)c1. The molecule has 0 aliphatic carbocycles. The van der Waals surface area contributed by atoms with Gasteiger partial charge in [0.1, 0.15) is 5.60 Å². The van der Waals surface area contributed by atoms with E-state index in [-0.39, 0.29) is 11.3 Å². The molecule has 6 heteroatoms. The van der Waals surface area contributed by atoms with Crippen LogP contribution in [0.1, 0.15) is 26.3 Å². The number of nitrogens with one attached hydrogen (secondary N) is 1. The van der Waals surface area contributed by atoms with E-state index in [0.717, 1.165) is 0 Å². The number of nitrogens with two attached hydrogens (primary N) is 1. The Morgan fingerprint density at radius 2 is 2.00 bits per heavy atom. The maximum Gasteiger partial charge on any atom is 0.412 e. The predicted molar refractivity (Wildman–Crippen MR) is 69.2 cm³/mol. The molecule has 0 fully saturated rings. The van der Waals surface area contributed by atoms with Gasteiger partial charge in [-0.05, 0) is 32.9 Å². The Kier molecular flexibility index (Phi) is 4.47. The molecule has 0 aromatic heterocycles. The van der Waals surface area contributed by atoms with Crippen LogP contribution in [0.4, 0.5) is 19.3 Å². The van der Waals surface area contributed by atoms with E-state index in [0.29, 0.717) is 0 Å². The first-order valence-corrected chi connectivity index (χ1v) is 5.82. The topological polar surface area (TPSA) is 64.3 Å². The van der Waals surface area contributed by atoms with Crippen LogP contribution in [0.25, 0.3) is 0 Å². The lowest BCUT2D eigenvalue weighted by atomic mass is 10.1. The Morgan fingerprint density at radius 1 is 1.37 bits per heavy atom. The number of carbonyl (C=O) groups is 1. The fourth-order valence-corrected chi connectivity index (χ4v) is 1.36. The Bertz CT molecular complexity index is 456. The van der Waals surface area contributed by atoms with E-state index in [1.807, 2.05) is 0 Å². The summed E-state index contributed by atoms with van der Waals surface area (Å²) in [6, 6.07) is 5.36. The summed E-state index contributed by atoms with van der Waals surface area (Å²) >= 11 is 0. The van der Waals surface area contributed by atoms with Crippen molar-refractivity contribution in [3.63, 3.8) is 0 Å². The first kappa shape index (κ1) is 15.4. The molecule has 0 aliphatic rings. The number of amides is 1. The third-order valence-corrected chi connectivity index (χ3v) is 2.19. The fraction of sp³-hybridized carbons (Fsp3) is 0.462. The quantitative estimate of drug-likeness (QED) is 0.888. The average Bonchev–Trinajstić information content (AvgIpc) is 2.26. The molecule has 0 saturated heterocycles. The number of benzene rings is 1. The van der Waals surface area contributed by atoms with Crippen molar-refractivity contribution in [2.75, 3.05) is 11.9 Å². The van der Waals surface area contributed by atoms with Gasteiger partial charge in [0.05, 0.1) is 6.54 Å². The summed E-state index contributed by atoms with van der Waals surface area (Å²) in [6.07, 6.45) is -0.694. The molecular formula is C13H18F2N2O2. The van der Waals surface area contributed by atoms with Crippen LogP contribution in [-0.2, 0) is 10.7 Å². The summed E-state index contributed by atoms with van der Waals surface area (Å²) in [4.78, 5) is 11.5. The van der Waals surface area contributed by atoms with Gasteiger partial charge in [0.15, 0.2) is 0 Å². The van der Waals surface area contributed by atoms with Gasteiger partial charge in [0, 0.05) is 11.3 Å². The Hall–Kier alpha value is -1.69. The number of rotatable bonds is 3. The van der Waals surface area contributed by atoms with Crippen LogP contribution >= 0.6 is 0 Å². The summed E-state index contributed by atoms with van der Waals surface area (Å²) in [7, 11) is 0. The minimum Gasteiger partial charge on any atom is -0.444 e. The normalized spacial score (nSPS) is 12.1. The number of ether oxygens (including phenoxy) is 1. The minimum absolute atomic E-state index is 0.236. The van der Waals surface area contributed by atoms with Gasteiger partial charge in [-0.3, -0.25) is 5.32 Å². The molecule has 0 heterocycles. The summed E-state index contributed by atoms with van der Waals surface area (Å²) in [5, 5.41) is 2.40. The third kappa shape index (κ3) is 4.82. The zero-order valence-electron chi connectivity index (χ0n) is 11.2. The molecule has 3 N–H and O–H groups in total. The van der Waals surface area contributed by atoms with Gasteiger partial charge in [0.25, 0.3) is 5.92 Å². The lowest BCUT2D eigenvalue weighted by Gasteiger charge is -2.20. The molecule has 106 valence electrons. The van der Waals surface area contributed by atoms with Crippen molar-refractivity contribution >= 4 is 11.8 Å². The highest BCUT2D eigenvalue weighted by atomic mass is 19.3. The summed E-state index contributed by atoms with van der Waals surface area (Å²) in [5.41, 5.74) is 4.35. The van der Waals surface area contributed by atoms with Crippen molar-refractivity contribution < 1.29 is 18.3 Å². The molecule has 0 bridgehead atoms. The monoisotopic (exact) mass is 272 g/mol. The maximum absolute atomic E-state index is 13.4. The number of anilines is 1. The lowest BCUT2D eigenvalue weighted by molar-refractivity contribution is 0.00596. The van der Waals surface area contributed by atoms with E-state index in [4.69, 9.17) is 10.5 Å². The number of alkyl halides is 2. The van der Waals surface area contributed by atoms with E-state index in [1.54, 1.807) is 20.8 Å². The van der Waals surface area contributed by atoms with E-state index in [1.165, 1.54) is 24.3 Å². The molecule has 0 aliphatic heterocycles.